The number of benzene rings is 1. The Hall–Kier alpha value is -1.88. The highest BCUT2D eigenvalue weighted by molar-refractivity contribution is 5.81. The van der Waals surface area contributed by atoms with Crippen LogP contribution < -0.4 is 11.1 Å². The average Bonchev–Trinajstić information content (AvgIpc) is 2.43. The lowest BCUT2D eigenvalue weighted by molar-refractivity contribution is -0.141. The van der Waals surface area contributed by atoms with Crippen molar-refractivity contribution in [1.82, 2.24) is 5.32 Å². The molecule has 20 heavy (non-hydrogen) atoms. The maximum absolute atomic E-state index is 11.8. The fraction of sp³-hybridized carbons (Fsp3) is 0.467. The first kappa shape index (κ1) is 16.2. The first-order valence-corrected chi connectivity index (χ1v) is 6.80. The number of amides is 1. The molecule has 5 heteroatoms. The van der Waals surface area contributed by atoms with Crippen LogP contribution in [0.25, 0.3) is 0 Å². The third-order valence-electron chi connectivity index (χ3n) is 3.17. The molecule has 0 aromatic heterocycles. The normalized spacial score (nSPS) is 13.5. The van der Waals surface area contributed by atoms with Gasteiger partial charge in [0.25, 0.3) is 0 Å². The Morgan fingerprint density at radius 1 is 1.30 bits per heavy atom. The zero-order valence-electron chi connectivity index (χ0n) is 11.7. The number of carbonyl (C=O) groups excluding carboxylic acids is 1. The van der Waals surface area contributed by atoms with E-state index in [1.165, 1.54) is 0 Å². The maximum Gasteiger partial charge on any atom is 0.306 e. The predicted molar refractivity (Wildman–Crippen MR) is 77.2 cm³/mol. The van der Waals surface area contributed by atoms with Crippen molar-refractivity contribution in [1.29, 1.82) is 0 Å². The molecule has 0 saturated heterocycles. The third-order valence-corrected chi connectivity index (χ3v) is 3.17. The molecular formula is C15H22N2O3. The molecule has 1 amide bonds. The fourth-order valence-electron chi connectivity index (χ4n) is 1.84. The molecule has 1 rings (SSSR count). The van der Waals surface area contributed by atoms with E-state index in [2.05, 4.69) is 5.32 Å². The van der Waals surface area contributed by atoms with Crippen LogP contribution in [0.3, 0.4) is 0 Å². The van der Waals surface area contributed by atoms with Crippen molar-refractivity contribution in [2.45, 2.75) is 32.2 Å². The molecule has 1 aromatic carbocycles. The Bertz CT molecular complexity index is 434. The van der Waals surface area contributed by atoms with Gasteiger partial charge in [0.15, 0.2) is 0 Å². The number of carboxylic acid groups (broad SMARTS) is 1. The molecule has 0 fully saturated rings. The lowest BCUT2D eigenvalue weighted by atomic mass is 10.1. The van der Waals surface area contributed by atoms with Crippen LogP contribution in [0.5, 0.6) is 0 Å². The number of aliphatic carboxylic acids is 1. The Morgan fingerprint density at radius 2 is 1.95 bits per heavy atom. The van der Waals surface area contributed by atoms with Gasteiger partial charge in [0, 0.05) is 6.54 Å². The van der Waals surface area contributed by atoms with Crippen molar-refractivity contribution < 1.29 is 14.7 Å². The summed E-state index contributed by atoms with van der Waals surface area (Å²) in [5.74, 6) is -1.39. The van der Waals surface area contributed by atoms with Crippen LogP contribution >= 0.6 is 0 Å². The van der Waals surface area contributed by atoms with E-state index in [9.17, 15) is 9.59 Å². The number of hydrogen-bond acceptors (Lipinski definition) is 3. The van der Waals surface area contributed by atoms with Gasteiger partial charge in [-0.25, -0.2) is 0 Å². The molecule has 1 aromatic rings. The minimum absolute atomic E-state index is 0.197. The predicted octanol–water partition coefficient (Wildman–Crippen LogP) is 1.17. The summed E-state index contributed by atoms with van der Waals surface area (Å²) < 4.78 is 0. The highest BCUT2D eigenvalue weighted by Gasteiger charge is 2.14. The fourth-order valence-corrected chi connectivity index (χ4v) is 1.84. The van der Waals surface area contributed by atoms with E-state index in [-0.39, 0.29) is 11.8 Å². The van der Waals surface area contributed by atoms with Gasteiger partial charge in [-0.2, -0.15) is 0 Å². The lowest BCUT2D eigenvalue weighted by Crippen LogP contribution is -2.42. The van der Waals surface area contributed by atoms with Gasteiger partial charge in [0.1, 0.15) is 0 Å². The number of rotatable bonds is 8. The van der Waals surface area contributed by atoms with Crippen molar-refractivity contribution in [2.24, 2.45) is 11.7 Å². The first-order valence-electron chi connectivity index (χ1n) is 6.80. The van der Waals surface area contributed by atoms with Crippen LogP contribution in [0.1, 0.15) is 25.3 Å². The van der Waals surface area contributed by atoms with E-state index >= 15 is 0 Å². The zero-order chi connectivity index (χ0) is 15.0. The number of hydrogen-bond donors (Lipinski definition) is 3. The van der Waals surface area contributed by atoms with E-state index in [1.54, 1.807) is 6.92 Å². The van der Waals surface area contributed by atoms with Crippen LogP contribution in [0.4, 0.5) is 0 Å². The zero-order valence-corrected chi connectivity index (χ0v) is 11.7. The number of nitrogens with one attached hydrogen (secondary N) is 1. The lowest BCUT2D eigenvalue weighted by Gasteiger charge is -2.13. The van der Waals surface area contributed by atoms with Crippen LogP contribution in [-0.4, -0.2) is 29.6 Å². The van der Waals surface area contributed by atoms with Crippen LogP contribution in [0.15, 0.2) is 30.3 Å². The van der Waals surface area contributed by atoms with Crippen molar-refractivity contribution in [2.75, 3.05) is 6.54 Å². The number of nitrogens with two attached hydrogens (primary N) is 1. The van der Waals surface area contributed by atoms with Gasteiger partial charge in [-0.1, -0.05) is 37.3 Å². The van der Waals surface area contributed by atoms with Gasteiger partial charge in [0.2, 0.25) is 5.91 Å². The molecule has 0 aliphatic heterocycles. The molecule has 5 nitrogen and oxygen atoms in total. The standard InChI is InChI=1S/C15H22N2O3/c1-11(15(19)20)6-5-9-17-14(18)13(16)10-12-7-3-2-4-8-12/h2-4,7-8,11,13H,5-6,9-10,16H2,1H3,(H,17,18)(H,19,20)/t11?,13-/m1/s1. The number of carboxylic acids is 1. The molecule has 110 valence electrons. The SMILES string of the molecule is CC(CCCNC(=O)[C@H](N)Cc1ccccc1)C(=O)O. The summed E-state index contributed by atoms with van der Waals surface area (Å²) in [6.45, 7) is 2.12. The summed E-state index contributed by atoms with van der Waals surface area (Å²) in [6.07, 6.45) is 1.68. The monoisotopic (exact) mass is 278 g/mol. The molecule has 1 unspecified atom stereocenters. The van der Waals surface area contributed by atoms with E-state index in [0.717, 1.165) is 5.56 Å². The van der Waals surface area contributed by atoms with Gasteiger partial charge < -0.3 is 16.2 Å². The summed E-state index contributed by atoms with van der Waals surface area (Å²) in [5, 5.41) is 11.5. The van der Waals surface area contributed by atoms with Crippen LogP contribution in [0.2, 0.25) is 0 Å². The number of carbonyl (C=O) groups is 2. The molecule has 0 saturated carbocycles. The molecule has 0 aliphatic carbocycles. The van der Waals surface area contributed by atoms with Gasteiger partial charge in [0.05, 0.1) is 12.0 Å². The van der Waals surface area contributed by atoms with E-state index < -0.39 is 12.0 Å². The van der Waals surface area contributed by atoms with Crippen molar-refractivity contribution in [3.63, 3.8) is 0 Å². The van der Waals surface area contributed by atoms with Gasteiger partial charge in [-0.05, 0) is 24.8 Å². The minimum atomic E-state index is -0.808. The Kier molecular flexibility index (Phi) is 6.73. The van der Waals surface area contributed by atoms with E-state index in [4.69, 9.17) is 10.8 Å². The Morgan fingerprint density at radius 3 is 2.55 bits per heavy atom. The highest BCUT2D eigenvalue weighted by atomic mass is 16.4. The molecule has 0 aliphatic rings. The highest BCUT2D eigenvalue weighted by Crippen LogP contribution is 2.05. The molecule has 0 radical (unpaired) electrons. The summed E-state index contributed by atoms with van der Waals surface area (Å²) in [7, 11) is 0. The third kappa shape index (κ3) is 5.84. The minimum Gasteiger partial charge on any atom is -0.481 e. The van der Waals surface area contributed by atoms with Crippen molar-refractivity contribution >= 4 is 11.9 Å². The maximum atomic E-state index is 11.8. The first-order chi connectivity index (χ1) is 9.50. The summed E-state index contributed by atoms with van der Waals surface area (Å²) in [5.41, 5.74) is 6.86. The molecule has 0 heterocycles. The molecule has 0 spiro atoms. The van der Waals surface area contributed by atoms with Crippen LogP contribution in [-0.2, 0) is 16.0 Å². The van der Waals surface area contributed by atoms with Gasteiger partial charge >= 0.3 is 5.97 Å². The van der Waals surface area contributed by atoms with Crippen LogP contribution in [0, 0.1) is 5.92 Å². The topological polar surface area (TPSA) is 92.4 Å². The second-order valence-electron chi connectivity index (χ2n) is 4.97. The van der Waals surface area contributed by atoms with Crippen molar-refractivity contribution in [3.8, 4) is 0 Å². The smallest absolute Gasteiger partial charge is 0.306 e. The Labute approximate surface area is 119 Å². The molecule has 2 atom stereocenters. The molecule has 0 bridgehead atoms. The second kappa shape index (κ2) is 8.32. The summed E-state index contributed by atoms with van der Waals surface area (Å²) in [4.78, 5) is 22.4. The second-order valence-corrected chi connectivity index (χ2v) is 4.97. The van der Waals surface area contributed by atoms with E-state index in [0.29, 0.717) is 25.8 Å². The average molecular weight is 278 g/mol. The van der Waals surface area contributed by atoms with Crippen molar-refractivity contribution in [3.05, 3.63) is 35.9 Å². The van der Waals surface area contributed by atoms with Gasteiger partial charge in [-0.3, -0.25) is 9.59 Å². The summed E-state index contributed by atoms with van der Waals surface area (Å²) in [6, 6.07) is 9.03. The summed E-state index contributed by atoms with van der Waals surface area (Å²) >= 11 is 0. The largest absolute Gasteiger partial charge is 0.481 e. The molecular weight excluding hydrogens is 256 g/mol. The Balaban J connectivity index is 2.24. The van der Waals surface area contributed by atoms with E-state index in [1.807, 2.05) is 30.3 Å². The quantitative estimate of drug-likeness (QED) is 0.622. The van der Waals surface area contributed by atoms with Gasteiger partial charge in [-0.15, -0.1) is 0 Å². The molecule has 4 N–H and O–H groups in total.